The van der Waals surface area contributed by atoms with Crippen LogP contribution in [0.4, 0.5) is 13.2 Å². The average molecular weight is 393 g/mol. The molecule has 0 aliphatic rings. The number of pyridine rings is 2. The molecular formula is C18H12BrF3N2. The zero-order valence-corrected chi connectivity index (χ0v) is 14.2. The fourth-order valence-corrected chi connectivity index (χ4v) is 2.71. The monoisotopic (exact) mass is 392 g/mol. The van der Waals surface area contributed by atoms with Crippen LogP contribution < -0.4 is 0 Å². The van der Waals surface area contributed by atoms with Gasteiger partial charge >= 0.3 is 6.18 Å². The molecule has 0 amide bonds. The van der Waals surface area contributed by atoms with E-state index in [0.29, 0.717) is 21.6 Å². The van der Waals surface area contributed by atoms with E-state index < -0.39 is 11.7 Å². The molecule has 2 aromatic heterocycles. The lowest BCUT2D eigenvalue weighted by Crippen LogP contribution is -2.04. The number of alkyl halides is 3. The van der Waals surface area contributed by atoms with Crippen LogP contribution in [0.25, 0.3) is 22.5 Å². The molecule has 0 radical (unpaired) electrons. The highest BCUT2D eigenvalue weighted by Gasteiger charge is 2.29. The molecule has 3 aromatic rings. The van der Waals surface area contributed by atoms with E-state index in [1.807, 2.05) is 37.3 Å². The molecule has 3 rings (SSSR count). The van der Waals surface area contributed by atoms with E-state index >= 15 is 0 Å². The number of hydrogen-bond acceptors (Lipinski definition) is 2. The highest BCUT2D eigenvalue weighted by atomic mass is 79.9. The molecule has 0 spiro atoms. The molecule has 0 aliphatic carbocycles. The fraction of sp³-hybridized carbons (Fsp3) is 0.111. The van der Waals surface area contributed by atoms with Crippen molar-refractivity contribution in [3.05, 3.63) is 70.5 Å². The highest BCUT2D eigenvalue weighted by Crippen LogP contribution is 2.32. The van der Waals surface area contributed by atoms with Gasteiger partial charge < -0.3 is 0 Å². The summed E-state index contributed by atoms with van der Waals surface area (Å²) in [4.78, 5) is 8.84. The zero-order chi connectivity index (χ0) is 17.3. The number of benzene rings is 1. The smallest absolute Gasteiger partial charge is 0.251 e. The van der Waals surface area contributed by atoms with Crippen LogP contribution in [0.15, 0.2) is 59.2 Å². The van der Waals surface area contributed by atoms with Gasteiger partial charge in [0.15, 0.2) is 0 Å². The molecule has 0 aliphatic heterocycles. The second-order valence-electron chi connectivity index (χ2n) is 5.30. The Bertz CT molecular complexity index is 874. The van der Waals surface area contributed by atoms with Gasteiger partial charge in [-0.1, -0.05) is 18.2 Å². The van der Waals surface area contributed by atoms with Crippen molar-refractivity contribution in [3.8, 4) is 22.5 Å². The average Bonchev–Trinajstić information content (AvgIpc) is 2.53. The predicted octanol–water partition coefficient (Wildman–Crippen LogP) is 5.90. The third kappa shape index (κ3) is 3.64. The molecule has 0 saturated heterocycles. The minimum Gasteiger partial charge on any atom is -0.251 e. The summed E-state index contributed by atoms with van der Waals surface area (Å²) < 4.78 is 38.8. The lowest BCUT2D eigenvalue weighted by atomic mass is 10.0. The first-order chi connectivity index (χ1) is 11.3. The molecule has 0 saturated carbocycles. The van der Waals surface area contributed by atoms with E-state index in [1.54, 1.807) is 0 Å². The molecule has 6 heteroatoms. The second-order valence-corrected chi connectivity index (χ2v) is 6.12. The lowest BCUT2D eigenvalue weighted by Gasteiger charge is -2.10. The second kappa shape index (κ2) is 6.36. The molecule has 1 aromatic carbocycles. The Morgan fingerprint density at radius 1 is 0.833 bits per heavy atom. The first kappa shape index (κ1) is 16.6. The van der Waals surface area contributed by atoms with Crippen molar-refractivity contribution in [1.82, 2.24) is 9.97 Å². The molecule has 0 bridgehead atoms. The molecular weight excluding hydrogens is 381 g/mol. The van der Waals surface area contributed by atoms with E-state index in [2.05, 4.69) is 25.9 Å². The Labute approximate surface area is 145 Å². The third-order valence-electron chi connectivity index (χ3n) is 3.48. The van der Waals surface area contributed by atoms with E-state index in [1.165, 1.54) is 12.1 Å². The van der Waals surface area contributed by atoms with Crippen molar-refractivity contribution in [2.24, 2.45) is 0 Å². The fourth-order valence-electron chi connectivity index (χ4n) is 2.37. The molecule has 0 fully saturated rings. The minimum atomic E-state index is -4.34. The summed E-state index contributed by atoms with van der Waals surface area (Å²) in [6, 6.07) is 14.3. The van der Waals surface area contributed by atoms with Crippen molar-refractivity contribution in [2.45, 2.75) is 13.1 Å². The van der Waals surface area contributed by atoms with Crippen LogP contribution in [0.1, 0.15) is 11.3 Å². The van der Waals surface area contributed by atoms with E-state index in [-0.39, 0.29) is 0 Å². The topological polar surface area (TPSA) is 25.8 Å². The van der Waals surface area contributed by atoms with Gasteiger partial charge in [0.1, 0.15) is 4.60 Å². The van der Waals surface area contributed by atoms with Crippen molar-refractivity contribution in [1.29, 1.82) is 0 Å². The van der Waals surface area contributed by atoms with Gasteiger partial charge in [-0.3, -0.25) is 4.98 Å². The standard InChI is InChI=1S/C18H12BrF3N2/c1-11-9-13(12-5-7-14(8-6-12)18(20,21)22)10-16(23-11)15-3-2-4-17(19)24-15/h2-10H,1H3. The van der Waals surface area contributed by atoms with Gasteiger partial charge in [0.05, 0.1) is 17.0 Å². The van der Waals surface area contributed by atoms with Gasteiger partial charge in [0.2, 0.25) is 0 Å². The Morgan fingerprint density at radius 2 is 1.54 bits per heavy atom. The lowest BCUT2D eigenvalue weighted by molar-refractivity contribution is -0.137. The van der Waals surface area contributed by atoms with Crippen molar-refractivity contribution < 1.29 is 13.2 Å². The van der Waals surface area contributed by atoms with Gasteiger partial charge in [-0.25, -0.2) is 4.98 Å². The summed E-state index contributed by atoms with van der Waals surface area (Å²) in [6.45, 7) is 1.84. The van der Waals surface area contributed by atoms with Crippen LogP contribution >= 0.6 is 15.9 Å². The maximum Gasteiger partial charge on any atom is 0.416 e. The van der Waals surface area contributed by atoms with Crippen LogP contribution in [0, 0.1) is 6.92 Å². The summed E-state index contributed by atoms with van der Waals surface area (Å²) in [5.74, 6) is 0. The van der Waals surface area contributed by atoms with Gasteiger partial charge in [0.25, 0.3) is 0 Å². The Balaban J connectivity index is 2.03. The number of halogens is 4. The van der Waals surface area contributed by atoms with Gasteiger partial charge in [-0.2, -0.15) is 13.2 Å². The van der Waals surface area contributed by atoms with Crippen molar-refractivity contribution in [3.63, 3.8) is 0 Å². The van der Waals surface area contributed by atoms with Crippen LogP contribution in [0.5, 0.6) is 0 Å². The van der Waals surface area contributed by atoms with Crippen LogP contribution in [0.3, 0.4) is 0 Å². The molecule has 0 unspecified atom stereocenters. The third-order valence-corrected chi connectivity index (χ3v) is 3.92. The van der Waals surface area contributed by atoms with Crippen molar-refractivity contribution >= 4 is 15.9 Å². The van der Waals surface area contributed by atoms with E-state index in [0.717, 1.165) is 23.4 Å². The van der Waals surface area contributed by atoms with Gasteiger partial charge in [-0.15, -0.1) is 0 Å². The van der Waals surface area contributed by atoms with Crippen LogP contribution in [-0.2, 0) is 6.18 Å². The first-order valence-electron chi connectivity index (χ1n) is 7.12. The zero-order valence-electron chi connectivity index (χ0n) is 12.6. The molecule has 24 heavy (non-hydrogen) atoms. The van der Waals surface area contributed by atoms with Gasteiger partial charge in [0, 0.05) is 5.69 Å². The summed E-state index contributed by atoms with van der Waals surface area (Å²) in [7, 11) is 0. The maximum atomic E-state index is 12.7. The molecule has 2 nitrogen and oxygen atoms in total. The summed E-state index contributed by atoms with van der Waals surface area (Å²) in [6.07, 6.45) is -4.34. The Hall–Kier alpha value is -2.21. The largest absolute Gasteiger partial charge is 0.416 e. The number of nitrogens with zero attached hydrogens (tertiary/aromatic N) is 2. The van der Waals surface area contributed by atoms with Crippen LogP contribution in [-0.4, -0.2) is 9.97 Å². The summed E-state index contributed by atoms with van der Waals surface area (Å²) in [5.41, 5.74) is 2.97. The number of aryl methyl sites for hydroxylation is 1. The summed E-state index contributed by atoms with van der Waals surface area (Å²) >= 11 is 3.32. The quantitative estimate of drug-likeness (QED) is 0.507. The van der Waals surface area contributed by atoms with E-state index in [9.17, 15) is 13.2 Å². The minimum absolute atomic E-state index is 0.661. The predicted molar refractivity (Wildman–Crippen MR) is 90.3 cm³/mol. The number of rotatable bonds is 2. The molecule has 2 heterocycles. The number of aromatic nitrogens is 2. The number of hydrogen-bond donors (Lipinski definition) is 0. The Kier molecular flexibility index (Phi) is 4.41. The normalized spacial score (nSPS) is 11.5. The molecule has 122 valence electrons. The molecule has 0 atom stereocenters. The maximum absolute atomic E-state index is 12.7. The Morgan fingerprint density at radius 3 is 2.17 bits per heavy atom. The molecule has 0 N–H and O–H groups in total. The van der Waals surface area contributed by atoms with Crippen molar-refractivity contribution in [2.75, 3.05) is 0 Å². The highest BCUT2D eigenvalue weighted by molar-refractivity contribution is 9.10. The summed E-state index contributed by atoms with van der Waals surface area (Å²) in [5, 5.41) is 0. The first-order valence-corrected chi connectivity index (χ1v) is 7.91. The van der Waals surface area contributed by atoms with Crippen LogP contribution in [0.2, 0.25) is 0 Å². The van der Waals surface area contributed by atoms with Gasteiger partial charge in [-0.05, 0) is 70.4 Å². The van der Waals surface area contributed by atoms with E-state index in [4.69, 9.17) is 0 Å². The SMILES string of the molecule is Cc1cc(-c2ccc(C(F)(F)F)cc2)cc(-c2cccc(Br)n2)n1.